The van der Waals surface area contributed by atoms with Crippen LogP contribution in [0.25, 0.3) is 11.3 Å². The number of hydrogen-bond acceptors (Lipinski definition) is 3. The monoisotopic (exact) mass is 241 g/mol. The van der Waals surface area contributed by atoms with Crippen molar-refractivity contribution in [1.82, 2.24) is 4.57 Å². The van der Waals surface area contributed by atoms with Crippen molar-refractivity contribution >= 4 is 0 Å². The van der Waals surface area contributed by atoms with E-state index in [4.69, 9.17) is 15.6 Å². The van der Waals surface area contributed by atoms with Gasteiger partial charge in [-0.15, -0.1) is 0 Å². The Kier molecular flexibility index (Phi) is 2.99. The molecule has 0 amide bonds. The number of aromatic nitrogens is 1. The summed E-state index contributed by atoms with van der Waals surface area (Å²) < 4.78 is 15.2. The maximum atomic E-state index is 13.7. The van der Waals surface area contributed by atoms with Crippen LogP contribution in [0.5, 0.6) is 5.75 Å². The van der Waals surface area contributed by atoms with E-state index >= 15 is 0 Å². The molecular weight excluding hydrogens is 233 g/mol. The molecule has 0 atom stereocenters. The lowest BCUT2D eigenvalue weighted by atomic mass is 10.1. The molecule has 1 N–H and O–H groups in total. The van der Waals surface area contributed by atoms with Gasteiger partial charge in [-0.05, 0) is 24.3 Å². The van der Waals surface area contributed by atoms with E-state index < -0.39 is 5.82 Å². The predicted octanol–water partition coefficient (Wildman–Crippen LogP) is 2.40. The molecule has 0 spiro atoms. The second-order valence-electron chi connectivity index (χ2n) is 3.62. The average molecular weight is 241 g/mol. The van der Waals surface area contributed by atoms with Crippen molar-refractivity contribution in [2.24, 2.45) is 0 Å². The Bertz CT molecular complexity index is 677. The van der Waals surface area contributed by atoms with Crippen LogP contribution in [-0.4, -0.2) is 9.67 Å². The molecule has 2 rings (SSSR count). The van der Waals surface area contributed by atoms with Gasteiger partial charge in [-0.1, -0.05) is 0 Å². The van der Waals surface area contributed by atoms with E-state index in [9.17, 15) is 4.39 Å². The fourth-order valence-corrected chi connectivity index (χ4v) is 1.75. The third kappa shape index (κ3) is 1.90. The van der Waals surface area contributed by atoms with E-state index in [1.165, 1.54) is 22.8 Å². The first-order chi connectivity index (χ1) is 8.67. The molecule has 0 aliphatic rings. The van der Waals surface area contributed by atoms with Crippen LogP contribution in [0.1, 0.15) is 5.69 Å². The summed E-state index contributed by atoms with van der Waals surface area (Å²) in [7, 11) is 0. The Balaban J connectivity index is 2.61. The van der Waals surface area contributed by atoms with Crippen molar-refractivity contribution < 1.29 is 9.50 Å². The highest BCUT2D eigenvalue weighted by atomic mass is 19.1. The minimum absolute atomic E-state index is 0.0362. The van der Waals surface area contributed by atoms with Crippen LogP contribution in [-0.2, 0) is 6.54 Å². The van der Waals surface area contributed by atoms with Crippen LogP contribution >= 0.6 is 0 Å². The first-order valence-electron chi connectivity index (χ1n) is 5.13. The van der Waals surface area contributed by atoms with Gasteiger partial charge in [-0.2, -0.15) is 10.5 Å². The van der Waals surface area contributed by atoms with Gasteiger partial charge >= 0.3 is 0 Å². The molecular formula is C13H8FN3O. The van der Waals surface area contributed by atoms with E-state index in [1.54, 1.807) is 6.07 Å². The van der Waals surface area contributed by atoms with Gasteiger partial charge in [-0.3, -0.25) is 0 Å². The number of nitriles is 2. The highest BCUT2D eigenvalue weighted by molar-refractivity contribution is 5.63. The summed E-state index contributed by atoms with van der Waals surface area (Å²) in [6.07, 6.45) is 0. The number of rotatable bonds is 2. The van der Waals surface area contributed by atoms with Crippen molar-refractivity contribution in [3.05, 3.63) is 41.8 Å². The Morgan fingerprint density at radius 2 is 2.00 bits per heavy atom. The molecule has 1 aromatic heterocycles. The lowest BCUT2D eigenvalue weighted by molar-refractivity contribution is 0.469. The molecule has 88 valence electrons. The van der Waals surface area contributed by atoms with Crippen molar-refractivity contribution in [2.75, 3.05) is 0 Å². The van der Waals surface area contributed by atoms with Crippen molar-refractivity contribution in [3.8, 4) is 29.1 Å². The van der Waals surface area contributed by atoms with Crippen LogP contribution in [0.15, 0.2) is 30.3 Å². The van der Waals surface area contributed by atoms with Gasteiger partial charge in [0.1, 0.15) is 29.9 Å². The van der Waals surface area contributed by atoms with Gasteiger partial charge in [0.25, 0.3) is 0 Å². The molecule has 2 aromatic rings. The zero-order chi connectivity index (χ0) is 13.1. The zero-order valence-electron chi connectivity index (χ0n) is 9.26. The Morgan fingerprint density at radius 1 is 1.22 bits per heavy atom. The van der Waals surface area contributed by atoms with E-state index in [1.807, 2.05) is 12.1 Å². The smallest absolute Gasteiger partial charge is 0.136 e. The average Bonchev–Trinajstić information content (AvgIpc) is 2.73. The summed E-state index contributed by atoms with van der Waals surface area (Å²) in [5, 5.41) is 26.8. The summed E-state index contributed by atoms with van der Waals surface area (Å²) in [4.78, 5) is 0. The van der Waals surface area contributed by atoms with E-state index in [0.717, 1.165) is 6.07 Å². The van der Waals surface area contributed by atoms with Crippen molar-refractivity contribution in [2.45, 2.75) is 6.54 Å². The van der Waals surface area contributed by atoms with Crippen LogP contribution < -0.4 is 0 Å². The van der Waals surface area contributed by atoms with Gasteiger partial charge in [0.15, 0.2) is 0 Å². The summed E-state index contributed by atoms with van der Waals surface area (Å²) in [5.74, 6) is -0.771. The molecule has 0 radical (unpaired) electrons. The fourth-order valence-electron chi connectivity index (χ4n) is 1.75. The Labute approximate surface area is 103 Å². The van der Waals surface area contributed by atoms with Crippen LogP contribution in [0.4, 0.5) is 4.39 Å². The molecule has 0 saturated heterocycles. The standard InChI is InChI=1S/C13H8FN3O/c14-12-7-10(18)2-3-11(12)13-4-1-9(8-16)17(13)6-5-15/h1-4,7,18H,6H2. The number of benzene rings is 1. The molecule has 0 aliphatic heterocycles. The van der Waals surface area contributed by atoms with Gasteiger partial charge < -0.3 is 9.67 Å². The molecule has 18 heavy (non-hydrogen) atoms. The second-order valence-corrected chi connectivity index (χ2v) is 3.62. The molecule has 0 saturated carbocycles. The highest BCUT2D eigenvalue weighted by Gasteiger charge is 2.13. The molecule has 0 fully saturated rings. The van der Waals surface area contributed by atoms with Crippen LogP contribution in [0.3, 0.4) is 0 Å². The minimum atomic E-state index is -0.600. The lowest BCUT2D eigenvalue weighted by Gasteiger charge is -2.07. The quantitative estimate of drug-likeness (QED) is 0.877. The normalized spacial score (nSPS) is 9.72. The first-order valence-corrected chi connectivity index (χ1v) is 5.13. The molecule has 0 unspecified atom stereocenters. The summed E-state index contributed by atoms with van der Waals surface area (Å²) >= 11 is 0. The van der Waals surface area contributed by atoms with Gasteiger partial charge in [-0.25, -0.2) is 4.39 Å². The number of phenolic OH excluding ortho intramolecular Hbond substituents is 1. The van der Waals surface area contributed by atoms with Gasteiger partial charge in [0.2, 0.25) is 0 Å². The molecule has 4 nitrogen and oxygen atoms in total. The number of phenols is 1. The Morgan fingerprint density at radius 3 is 2.61 bits per heavy atom. The SMILES string of the molecule is N#CCn1c(C#N)ccc1-c1ccc(O)cc1F. The third-order valence-electron chi connectivity index (χ3n) is 2.55. The van der Waals surface area contributed by atoms with Gasteiger partial charge in [0.05, 0.1) is 11.8 Å². The topological polar surface area (TPSA) is 72.7 Å². The number of aromatic hydroxyl groups is 1. The lowest BCUT2D eigenvalue weighted by Crippen LogP contribution is -2.01. The first kappa shape index (κ1) is 11.7. The molecule has 1 heterocycles. The molecule has 1 aromatic carbocycles. The minimum Gasteiger partial charge on any atom is -0.508 e. The van der Waals surface area contributed by atoms with Crippen molar-refractivity contribution in [3.63, 3.8) is 0 Å². The second kappa shape index (κ2) is 4.60. The van der Waals surface area contributed by atoms with Crippen LogP contribution in [0.2, 0.25) is 0 Å². The van der Waals surface area contributed by atoms with E-state index in [-0.39, 0.29) is 17.9 Å². The highest BCUT2D eigenvalue weighted by Crippen LogP contribution is 2.27. The van der Waals surface area contributed by atoms with Gasteiger partial charge in [0, 0.05) is 11.6 Å². The fraction of sp³-hybridized carbons (Fsp3) is 0.0769. The Hall–Kier alpha value is -2.79. The summed E-state index contributed by atoms with van der Waals surface area (Å²) in [6.45, 7) is -0.0362. The van der Waals surface area contributed by atoms with Crippen LogP contribution in [0, 0.1) is 28.5 Å². The molecule has 0 bridgehead atoms. The predicted molar refractivity (Wildman–Crippen MR) is 61.8 cm³/mol. The largest absolute Gasteiger partial charge is 0.508 e. The van der Waals surface area contributed by atoms with E-state index in [2.05, 4.69) is 0 Å². The summed E-state index contributed by atoms with van der Waals surface area (Å²) in [6, 6.07) is 10.7. The van der Waals surface area contributed by atoms with Crippen molar-refractivity contribution in [1.29, 1.82) is 10.5 Å². The third-order valence-corrected chi connectivity index (χ3v) is 2.55. The maximum Gasteiger partial charge on any atom is 0.136 e. The number of halogens is 1. The summed E-state index contributed by atoms with van der Waals surface area (Å²) in [5.41, 5.74) is 0.967. The molecule has 5 heteroatoms. The zero-order valence-corrected chi connectivity index (χ0v) is 9.26. The van der Waals surface area contributed by atoms with E-state index in [0.29, 0.717) is 11.4 Å². The number of nitrogens with zero attached hydrogens (tertiary/aromatic N) is 3. The number of hydrogen-bond donors (Lipinski definition) is 1. The molecule has 0 aliphatic carbocycles. The maximum absolute atomic E-state index is 13.7.